The molecule has 0 saturated carbocycles. The van der Waals surface area contributed by atoms with Crippen LogP contribution in [0.1, 0.15) is 34.3 Å². The Morgan fingerprint density at radius 1 is 1.38 bits per heavy atom. The van der Waals surface area contributed by atoms with E-state index in [1.54, 1.807) is 0 Å². The van der Waals surface area contributed by atoms with E-state index in [9.17, 15) is 0 Å². The molecule has 1 atom stereocenters. The number of thiophene rings is 1. The molecule has 2 aromatic rings. The molecule has 0 fully saturated rings. The number of aromatic nitrogens is 1. The van der Waals surface area contributed by atoms with Crippen molar-refractivity contribution in [2.24, 2.45) is 10.9 Å². The number of rotatable bonds is 8. The van der Waals surface area contributed by atoms with Crippen molar-refractivity contribution < 1.29 is 0 Å². The Morgan fingerprint density at radius 2 is 2.21 bits per heavy atom. The van der Waals surface area contributed by atoms with E-state index < -0.39 is 0 Å². The lowest BCUT2D eigenvalue weighted by atomic mass is 10.1. The fourth-order valence-corrected chi connectivity index (χ4v) is 4.44. The van der Waals surface area contributed by atoms with E-state index in [2.05, 4.69) is 58.9 Å². The third kappa shape index (κ3) is 5.91. The molecule has 0 saturated heterocycles. The summed E-state index contributed by atoms with van der Waals surface area (Å²) in [5.41, 5.74) is 1.24. The van der Waals surface area contributed by atoms with Crippen LogP contribution in [0.2, 0.25) is 0 Å². The topological polar surface area (TPSA) is 49.3 Å². The van der Waals surface area contributed by atoms with Gasteiger partial charge < -0.3 is 10.6 Å². The van der Waals surface area contributed by atoms with Crippen molar-refractivity contribution >= 4 is 28.6 Å². The summed E-state index contributed by atoms with van der Waals surface area (Å²) in [5, 5.41) is 10.2. The fourth-order valence-electron chi connectivity index (χ4n) is 2.55. The standard InChI is InChI=1S/C18H28N4S2/c1-5-16-14(3)24-17(22-16)8-9-20-18(19-4)21-12-13(2)11-15-7-6-10-23-15/h6-7,10,13H,5,8-9,11-12H2,1-4H3,(H2,19,20,21). The number of hydrogen-bond donors (Lipinski definition) is 2. The molecular formula is C18H28N4S2. The number of guanidine groups is 1. The van der Waals surface area contributed by atoms with E-state index in [-0.39, 0.29) is 0 Å². The Kier molecular flexibility index (Phi) is 7.72. The van der Waals surface area contributed by atoms with Crippen molar-refractivity contribution in [3.05, 3.63) is 38.0 Å². The van der Waals surface area contributed by atoms with Gasteiger partial charge in [0.25, 0.3) is 0 Å². The maximum atomic E-state index is 4.69. The van der Waals surface area contributed by atoms with Crippen molar-refractivity contribution in [3.8, 4) is 0 Å². The summed E-state index contributed by atoms with van der Waals surface area (Å²) in [7, 11) is 1.82. The third-order valence-electron chi connectivity index (χ3n) is 3.87. The van der Waals surface area contributed by atoms with Gasteiger partial charge in [0.2, 0.25) is 0 Å². The van der Waals surface area contributed by atoms with Crippen molar-refractivity contribution in [3.63, 3.8) is 0 Å². The SMILES string of the molecule is CCc1nc(CCNC(=NC)NCC(C)Cc2cccs2)sc1C. The van der Waals surface area contributed by atoms with Crippen LogP contribution in [0.3, 0.4) is 0 Å². The molecule has 2 aromatic heterocycles. The molecule has 2 N–H and O–H groups in total. The van der Waals surface area contributed by atoms with E-state index in [4.69, 9.17) is 0 Å². The van der Waals surface area contributed by atoms with Gasteiger partial charge in [0, 0.05) is 36.3 Å². The third-order valence-corrected chi connectivity index (χ3v) is 5.85. The first kappa shape index (κ1) is 18.9. The molecule has 4 nitrogen and oxygen atoms in total. The van der Waals surface area contributed by atoms with E-state index in [1.807, 2.05) is 29.7 Å². The average Bonchev–Trinajstić information content (AvgIpc) is 3.20. The molecular weight excluding hydrogens is 336 g/mol. The second-order valence-corrected chi connectivity index (χ2v) is 8.30. The smallest absolute Gasteiger partial charge is 0.190 e. The molecule has 0 amide bonds. The molecule has 2 heterocycles. The van der Waals surface area contributed by atoms with Crippen LogP contribution in [0.15, 0.2) is 22.5 Å². The Bertz CT molecular complexity index is 631. The second-order valence-electron chi connectivity index (χ2n) is 5.98. The molecule has 0 aliphatic carbocycles. The predicted octanol–water partition coefficient (Wildman–Crippen LogP) is 3.66. The van der Waals surface area contributed by atoms with E-state index in [0.717, 1.165) is 38.3 Å². The highest BCUT2D eigenvalue weighted by Gasteiger charge is 2.08. The Labute approximate surface area is 153 Å². The summed E-state index contributed by atoms with van der Waals surface area (Å²) < 4.78 is 0. The molecule has 0 bridgehead atoms. The van der Waals surface area contributed by atoms with Crippen LogP contribution in [0.5, 0.6) is 0 Å². The van der Waals surface area contributed by atoms with Gasteiger partial charge in [-0.3, -0.25) is 4.99 Å². The normalized spacial score (nSPS) is 13.1. The first-order valence-electron chi connectivity index (χ1n) is 8.54. The van der Waals surface area contributed by atoms with Crippen LogP contribution >= 0.6 is 22.7 Å². The van der Waals surface area contributed by atoms with Gasteiger partial charge in [-0.2, -0.15) is 0 Å². The van der Waals surface area contributed by atoms with Crippen LogP contribution in [0.25, 0.3) is 0 Å². The van der Waals surface area contributed by atoms with Crippen LogP contribution in [-0.4, -0.2) is 31.1 Å². The number of aliphatic imine (C=N–C) groups is 1. The van der Waals surface area contributed by atoms with Gasteiger partial charge in [-0.05, 0) is 37.1 Å². The van der Waals surface area contributed by atoms with Crippen molar-refractivity contribution in [1.82, 2.24) is 15.6 Å². The van der Waals surface area contributed by atoms with E-state index in [0.29, 0.717) is 5.92 Å². The first-order valence-corrected chi connectivity index (χ1v) is 10.2. The zero-order valence-corrected chi connectivity index (χ0v) is 16.7. The molecule has 6 heteroatoms. The summed E-state index contributed by atoms with van der Waals surface area (Å²) in [6.45, 7) is 8.36. The van der Waals surface area contributed by atoms with Crippen LogP contribution in [0.4, 0.5) is 0 Å². The highest BCUT2D eigenvalue weighted by Crippen LogP contribution is 2.18. The minimum atomic E-state index is 0.580. The molecule has 0 aliphatic heterocycles. The molecule has 132 valence electrons. The Morgan fingerprint density at radius 3 is 2.83 bits per heavy atom. The maximum Gasteiger partial charge on any atom is 0.190 e. The highest BCUT2D eigenvalue weighted by molar-refractivity contribution is 7.11. The number of hydrogen-bond acceptors (Lipinski definition) is 4. The van der Waals surface area contributed by atoms with Gasteiger partial charge in [0.1, 0.15) is 0 Å². The van der Waals surface area contributed by atoms with Gasteiger partial charge >= 0.3 is 0 Å². The summed E-state index contributed by atoms with van der Waals surface area (Å²) in [6.07, 6.45) is 3.07. The Balaban J connectivity index is 1.70. The summed E-state index contributed by atoms with van der Waals surface area (Å²) in [4.78, 5) is 11.8. The van der Waals surface area contributed by atoms with Gasteiger partial charge in [-0.1, -0.05) is 19.9 Å². The monoisotopic (exact) mass is 364 g/mol. The molecule has 1 unspecified atom stereocenters. The van der Waals surface area contributed by atoms with Gasteiger partial charge in [-0.15, -0.1) is 22.7 Å². The lowest BCUT2D eigenvalue weighted by Crippen LogP contribution is -2.40. The molecule has 24 heavy (non-hydrogen) atoms. The van der Waals surface area contributed by atoms with Crippen molar-refractivity contribution in [2.45, 2.75) is 40.0 Å². The largest absolute Gasteiger partial charge is 0.356 e. The van der Waals surface area contributed by atoms with Gasteiger partial charge in [0.15, 0.2) is 5.96 Å². The van der Waals surface area contributed by atoms with Crippen molar-refractivity contribution in [2.75, 3.05) is 20.1 Å². The maximum absolute atomic E-state index is 4.69. The molecule has 0 radical (unpaired) electrons. The number of aryl methyl sites for hydroxylation is 2. The number of thiazole rings is 1. The number of nitrogens with zero attached hydrogens (tertiary/aromatic N) is 2. The summed E-state index contributed by atoms with van der Waals surface area (Å²) >= 11 is 3.64. The van der Waals surface area contributed by atoms with Gasteiger partial charge in [0.05, 0.1) is 10.7 Å². The lowest BCUT2D eigenvalue weighted by molar-refractivity contribution is 0.562. The van der Waals surface area contributed by atoms with E-state index >= 15 is 0 Å². The summed E-state index contributed by atoms with van der Waals surface area (Å²) in [5.74, 6) is 1.45. The Hall–Kier alpha value is -1.40. The van der Waals surface area contributed by atoms with Crippen molar-refractivity contribution in [1.29, 1.82) is 0 Å². The molecule has 2 rings (SSSR count). The molecule has 0 spiro atoms. The van der Waals surface area contributed by atoms with E-state index in [1.165, 1.54) is 20.5 Å². The predicted molar refractivity (Wildman–Crippen MR) is 106 cm³/mol. The minimum absolute atomic E-state index is 0.580. The fraction of sp³-hybridized carbons (Fsp3) is 0.556. The van der Waals surface area contributed by atoms with Crippen LogP contribution < -0.4 is 10.6 Å². The minimum Gasteiger partial charge on any atom is -0.356 e. The van der Waals surface area contributed by atoms with Crippen LogP contribution in [0, 0.1) is 12.8 Å². The number of nitrogens with one attached hydrogen (secondary N) is 2. The first-order chi connectivity index (χ1) is 11.6. The summed E-state index contributed by atoms with van der Waals surface area (Å²) in [6, 6.07) is 4.32. The zero-order chi connectivity index (χ0) is 17.4. The highest BCUT2D eigenvalue weighted by atomic mass is 32.1. The second kappa shape index (κ2) is 9.79. The van der Waals surface area contributed by atoms with Gasteiger partial charge in [-0.25, -0.2) is 4.98 Å². The average molecular weight is 365 g/mol. The van der Waals surface area contributed by atoms with Crippen LogP contribution in [-0.2, 0) is 19.3 Å². The lowest BCUT2D eigenvalue weighted by Gasteiger charge is -2.15. The zero-order valence-electron chi connectivity index (χ0n) is 15.1. The molecule has 0 aromatic carbocycles. The molecule has 0 aliphatic rings. The quantitative estimate of drug-likeness (QED) is 0.555.